The number of hydrogen-bond donors (Lipinski definition) is 1. The Morgan fingerprint density at radius 2 is 2.12 bits per heavy atom. The largest absolute Gasteiger partial charge is 0.767 e. The summed E-state index contributed by atoms with van der Waals surface area (Å²) in [5.74, 6) is 0.715. The highest BCUT2D eigenvalue weighted by Gasteiger charge is 2.37. The molecule has 1 aliphatic heterocycles. The van der Waals surface area contributed by atoms with E-state index in [2.05, 4.69) is 32.4 Å². The SMILES string of the molecule is [O-]N1Nc2ncc(Br)cc2CCC12CCCC2. The van der Waals surface area contributed by atoms with Crippen LogP contribution < -0.4 is 5.43 Å². The van der Waals surface area contributed by atoms with Crippen LogP contribution in [0.25, 0.3) is 0 Å². The summed E-state index contributed by atoms with van der Waals surface area (Å²) in [5.41, 5.74) is 3.86. The van der Waals surface area contributed by atoms with E-state index in [1.807, 2.05) is 0 Å². The highest BCUT2D eigenvalue weighted by molar-refractivity contribution is 9.10. The molecule has 0 atom stereocenters. The summed E-state index contributed by atoms with van der Waals surface area (Å²) in [6.07, 6.45) is 7.90. The van der Waals surface area contributed by atoms with Gasteiger partial charge in [-0.1, -0.05) is 12.8 Å². The molecular weight excluding hydrogens is 282 g/mol. The van der Waals surface area contributed by atoms with E-state index in [9.17, 15) is 5.21 Å². The quantitative estimate of drug-likeness (QED) is 0.798. The lowest BCUT2D eigenvalue weighted by atomic mass is 9.91. The number of anilines is 1. The molecule has 92 valence electrons. The zero-order valence-electron chi connectivity index (χ0n) is 9.58. The van der Waals surface area contributed by atoms with Crippen molar-refractivity contribution in [2.45, 2.75) is 44.1 Å². The van der Waals surface area contributed by atoms with Crippen molar-refractivity contribution in [2.24, 2.45) is 0 Å². The third-order valence-electron chi connectivity index (χ3n) is 3.97. The molecule has 1 N–H and O–H groups in total. The number of hydrogen-bond acceptors (Lipinski definition) is 4. The number of nitrogens with one attached hydrogen (secondary N) is 1. The fraction of sp³-hybridized carbons (Fsp3) is 0.583. The molecule has 0 bridgehead atoms. The fourth-order valence-electron chi connectivity index (χ4n) is 2.94. The van der Waals surface area contributed by atoms with Crippen molar-refractivity contribution in [3.63, 3.8) is 0 Å². The second-order valence-electron chi connectivity index (χ2n) is 5.00. The van der Waals surface area contributed by atoms with Gasteiger partial charge >= 0.3 is 0 Å². The van der Waals surface area contributed by atoms with Crippen LogP contribution in [0.1, 0.15) is 37.7 Å². The van der Waals surface area contributed by atoms with E-state index in [-0.39, 0.29) is 5.54 Å². The molecule has 0 aromatic carbocycles. The van der Waals surface area contributed by atoms with E-state index in [4.69, 9.17) is 0 Å². The monoisotopic (exact) mass is 296 g/mol. The summed E-state index contributed by atoms with van der Waals surface area (Å²) in [4.78, 5) is 4.28. The molecule has 0 unspecified atom stereocenters. The number of pyridine rings is 1. The van der Waals surface area contributed by atoms with Crippen LogP contribution in [0.2, 0.25) is 0 Å². The van der Waals surface area contributed by atoms with Crippen LogP contribution in [0.15, 0.2) is 16.7 Å². The Balaban J connectivity index is 1.93. The van der Waals surface area contributed by atoms with Crippen LogP contribution in [0.3, 0.4) is 0 Å². The Labute approximate surface area is 109 Å². The zero-order valence-corrected chi connectivity index (χ0v) is 11.2. The summed E-state index contributed by atoms with van der Waals surface area (Å²) in [6.45, 7) is 0. The van der Waals surface area contributed by atoms with E-state index in [1.54, 1.807) is 6.20 Å². The molecule has 1 aromatic rings. The molecule has 5 heteroatoms. The smallest absolute Gasteiger partial charge is 0.142 e. The lowest BCUT2D eigenvalue weighted by Crippen LogP contribution is -2.45. The first-order chi connectivity index (χ1) is 8.20. The van der Waals surface area contributed by atoms with Crippen molar-refractivity contribution in [3.05, 3.63) is 27.5 Å². The van der Waals surface area contributed by atoms with E-state index in [1.165, 1.54) is 0 Å². The first-order valence-electron chi connectivity index (χ1n) is 6.08. The van der Waals surface area contributed by atoms with E-state index < -0.39 is 0 Å². The fourth-order valence-corrected chi connectivity index (χ4v) is 3.32. The number of hydroxylamine groups is 1. The van der Waals surface area contributed by atoms with Crippen molar-refractivity contribution in [1.29, 1.82) is 0 Å². The second kappa shape index (κ2) is 4.23. The molecule has 0 amide bonds. The minimum Gasteiger partial charge on any atom is -0.767 e. The first-order valence-corrected chi connectivity index (χ1v) is 6.87. The summed E-state index contributed by atoms with van der Waals surface area (Å²) < 4.78 is 0.970. The molecule has 1 spiro atoms. The van der Waals surface area contributed by atoms with Gasteiger partial charge in [-0.15, -0.1) is 0 Å². The number of fused-ring (bicyclic) bond motifs is 1. The molecule has 17 heavy (non-hydrogen) atoms. The van der Waals surface area contributed by atoms with Crippen molar-refractivity contribution in [1.82, 2.24) is 10.2 Å². The van der Waals surface area contributed by atoms with Crippen LogP contribution in [0.5, 0.6) is 0 Å². The lowest BCUT2D eigenvalue weighted by Gasteiger charge is -2.45. The standard InChI is InChI=1S/C12H15BrN3O/c13-10-7-9-3-6-12(4-1-2-5-12)16(17)15-11(9)14-8-10/h7-8H,1-6H2,(H,14,15)/q-1. The molecule has 1 saturated carbocycles. The van der Waals surface area contributed by atoms with Gasteiger partial charge in [0.1, 0.15) is 5.82 Å². The van der Waals surface area contributed by atoms with E-state index >= 15 is 0 Å². The summed E-state index contributed by atoms with van der Waals surface area (Å²) >= 11 is 3.42. The zero-order chi connectivity index (χ0) is 11.9. The molecule has 1 aliphatic carbocycles. The molecule has 1 aromatic heterocycles. The molecular formula is C12H15BrN3O-. The number of nitrogens with zero attached hydrogens (tertiary/aromatic N) is 2. The van der Waals surface area contributed by atoms with Gasteiger partial charge in [0.15, 0.2) is 0 Å². The van der Waals surface area contributed by atoms with Crippen molar-refractivity contribution in [2.75, 3.05) is 5.43 Å². The predicted octanol–water partition coefficient (Wildman–Crippen LogP) is 3.23. The maximum absolute atomic E-state index is 12.2. The molecule has 3 rings (SSSR count). The lowest BCUT2D eigenvalue weighted by molar-refractivity contribution is 0.173. The predicted molar refractivity (Wildman–Crippen MR) is 70.3 cm³/mol. The molecule has 1 fully saturated rings. The van der Waals surface area contributed by atoms with Crippen molar-refractivity contribution >= 4 is 21.7 Å². The van der Waals surface area contributed by atoms with E-state index in [0.29, 0.717) is 5.82 Å². The van der Waals surface area contributed by atoms with Crippen LogP contribution >= 0.6 is 15.9 Å². The van der Waals surface area contributed by atoms with Crippen LogP contribution in [0.4, 0.5) is 5.82 Å². The van der Waals surface area contributed by atoms with Crippen molar-refractivity contribution in [3.8, 4) is 0 Å². The van der Waals surface area contributed by atoms with E-state index in [0.717, 1.165) is 53.7 Å². The minimum absolute atomic E-state index is 0.201. The number of rotatable bonds is 0. The molecule has 4 nitrogen and oxygen atoms in total. The minimum atomic E-state index is -0.201. The molecule has 0 saturated heterocycles. The Morgan fingerprint density at radius 3 is 2.88 bits per heavy atom. The average molecular weight is 297 g/mol. The Kier molecular flexibility index (Phi) is 2.84. The van der Waals surface area contributed by atoms with Gasteiger partial charge in [-0.3, -0.25) is 5.17 Å². The van der Waals surface area contributed by atoms with Crippen molar-refractivity contribution < 1.29 is 0 Å². The number of aromatic nitrogens is 1. The first kappa shape index (κ1) is 11.4. The van der Waals surface area contributed by atoms with Gasteiger partial charge in [0.05, 0.1) is 0 Å². The maximum Gasteiger partial charge on any atom is 0.142 e. The van der Waals surface area contributed by atoms with Gasteiger partial charge in [-0.25, -0.2) is 4.98 Å². The number of hydrazine groups is 1. The highest BCUT2D eigenvalue weighted by Crippen LogP contribution is 2.41. The normalized spacial score (nSPS) is 23.2. The second-order valence-corrected chi connectivity index (χ2v) is 5.91. The summed E-state index contributed by atoms with van der Waals surface area (Å²) in [6, 6.07) is 2.05. The highest BCUT2D eigenvalue weighted by atomic mass is 79.9. The van der Waals surface area contributed by atoms with Gasteiger partial charge in [0, 0.05) is 16.2 Å². The third-order valence-corrected chi connectivity index (χ3v) is 4.40. The van der Waals surface area contributed by atoms with Gasteiger partial charge < -0.3 is 10.6 Å². The third kappa shape index (κ3) is 1.96. The Hall–Kier alpha value is -0.650. The van der Waals surface area contributed by atoms with Gasteiger partial charge in [-0.2, -0.15) is 0 Å². The topological polar surface area (TPSA) is 51.2 Å². The van der Waals surface area contributed by atoms with Gasteiger partial charge in [0.25, 0.3) is 0 Å². The maximum atomic E-state index is 12.2. The average Bonchev–Trinajstić information content (AvgIpc) is 2.74. The van der Waals surface area contributed by atoms with Crippen LogP contribution in [-0.2, 0) is 6.42 Å². The molecule has 0 radical (unpaired) electrons. The van der Waals surface area contributed by atoms with Crippen LogP contribution in [-0.4, -0.2) is 15.7 Å². The number of halogens is 1. The Morgan fingerprint density at radius 1 is 1.35 bits per heavy atom. The Bertz CT molecular complexity index is 432. The molecule has 2 heterocycles. The number of aryl methyl sites for hydroxylation is 1. The summed E-state index contributed by atoms with van der Waals surface area (Å²) in [7, 11) is 0. The van der Waals surface area contributed by atoms with Crippen LogP contribution in [0, 0.1) is 5.21 Å². The van der Waals surface area contributed by atoms with Gasteiger partial charge in [-0.05, 0) is 53.2 Å². The molecule has 2 aliphatic rings. The summed E-state index contributed by atoms with van der Waals surface area (Å²) in [5, 5.41) is 13.3. The van der Waals surface area contributed by atoms with Gasteiger partial charge in [0.2, 0.25) is 0 Å².